The van der Waals surface area contributed by atoms with Crippen molar-refractivity contribution in [3.05, 3.63) is 12.7 Å². The van der Waals surface area contributed by atoms with Gasteiger partial charge < -0.3 is 22.3 Å². The largest absolute Gasteiger partial charge is 0.478 e. The first-order valence-electron chi connectivity index (χ1n) is 3.33. The molecule has 0 fully saturated rings. The molecule has 8 nitrogen and oxygen atoms in total. The summed E-state index contributed by atoms with van der Waals surface area (Å²) in [6.45, 7) is 2.96. The average molecular weight is 198 g/mol. The number of aliphatic carboxylic acids is 1. The van der Waals surface area contributed by atoms with E-state index in [1.54, 1.807) is 0 Å². The van der Waals surface area contributed by atoms with Crippen LogP contribution in [0.3, 0.4) is 0 Å². The fraction of sp³-hybridized carbons (Fsp3) is 0. The van der Waals surface area contributed by atoms with Gasteiger partial charge in [-0.1, -0.05) is 6.58 Å². The summed E-state index contributed by atoms with van der Waals surface area (Å²) in [6.07, 6.45) is 0.833. The van der Waals surface area contributed by atoms with Crippen molar-refractivity contribution in [3.63, 3.8) is 0 Å². The van der Waals surface area contributed by atoms with Gasteiger partial charge in [-0.3, -0.25) is 0 Å². The van der Waals surface area contributed by atoms with Crippen molar-refractivity contribution >= 4 is 23.8 Å². The molecule has 7 N–H and O–H groups in total. The Morgan fingerprint density at radius 1 is 1.14 bits per heavy atom. The zero-order valence-electron chi connectivity index (χ0n) is 7.21. The maximum atomic E-state index is 9.25. The first-order chi connectivity index (χ1) is 6.45. The van der Waals surface area contributed by atoms with Crippen LogP contribution in [-0.4, -0.2) is 26.0 Å². The highest BCUT2D eigenvalue weighted by molar-refractivity contribution is 5.78. The lowest BCUT2D eigenvalue weighted by atomic mass is 10.7. The number of hydrogen-bond acceptors (Lipinski definition) is 7. The summed E-state index contributed by atoms with van der Waals surface area (Å²) in [5.74, 6) is -0.856. The van der Waals surface area contributed by atoms with E-state index in [4.69, 9.17) is 22.3 Å². The van der Waals surface area contributed by atoms with E-state index in [-0.39, 0.29) is 17.8 Å². The quantitative estimate of drug-likeness (QED) is 0.413. The predicted octanol–water partition coefficient (Wildman–Crippen LogP) is -1.12. The zero-order chi connectivity index (χ0) is 11.1. The first kappa shape index (κ1) is 11.6. The molecule has 0 spiro atoms. The zero-order valence-corrected chi connectivity index (χ0v) is 7.21. The topological polar surface area (TPSA) is 154 Å². The van der Waals surface area contributed by atoms with E-state index in [9.17, 15) is 4.79 Å². The van der Waals surface area contributed by atoms with Gasteiger partial charge in [0.25, 0.3) is 0 Å². The number of aromatic nitrogens is 3. The molecule has 0 aliphatic heterocycles. The molecule has 1 rings (SSSR count). The SMILES string of the molecule is C=CC(=O)O.Nc1nc(N)nc(N)n1. The second-order valence-corrected chi connectivity index (χ2v) is 1.95. The van der Waals surface area contributed by atoms with Crippen LogP contribution in [-0.2, 0) is 4.79 Å². The Hall–Kier alpha value is -2.38. The van der Waals surface area contributed by atoms with Crippen LogP contribution >= 0.6 is 0 Å². The Balaban J connectivity index is 0.000000292. The number of carbonyl (C=O) groups is 1. The van der Waals surface area contributed by atoms with E-state index in [2.05, 4.69) is 21.5 Å². The van der Waals surface area contributed by atoms with Gasteiger partial charge in [-0.05, 0) is 0 Å². The van der Waals surface area contributed by atoms with Crippen molar-refractivity contribution < 1.29 is 9.90 Å². The highest BCUT2D eigenvalue weighted by Crippen LogP contribution is 1.97. The second-order valence-electron chi connectivity index (χ2n) is 1.95. The number of anilines is 3. The lowest BCUT2D eigenvalue weighted by Crippen LogP contribution is -2.05. The Morgan fingerprint density at radius 2 is 1.36 bits per heavy atom. The van der Waals surface area contributed by atoms with Gasteiger partial charge in [0, 0.05) is 6.08 Å². The molecule has 0 saturated heterocycles. The van der Waals surface area contributed by atoms with Gasteiger partial charge >= 0.3 is 5.97 Å². The van der Waals surface area contributed by atoms with Gasteiger partial charge in [0.1, 0.15) is 0 Å². The van der Waals surface area contributed by atoms with Crippen LogP contribution in [0.4, 0.5) is 17.8 Å². The molecule has 1 aromatic heterocycles. The Bertz CT molecular complexity index is 289. The molecule has 0 saturated carbocycles. The molecule has 0 aliphatic rings. The molecule has 76 valence electrons. The number of nitrogens with two attached hydrogens (primary N) is 3. The Morgan fingerprint density at radius 3 is 1.50 bits per heavy atom. The van der Waals surface area contributed by atoms with Gasteiger partial charge in [0.05, 0.1) is 0 Å². The molecule has 0 unspecified atom stereocenters. The number of carboxylic acids is 1. The third kappa shape index (κ3) is 5.29. The van der Waals surface area contributed by atoms with Crippen LogP contribution in [0.2, 0.25) is 0 Å². The smallest absolute Gasteiger partial charge is 0.327 e. The molecule has 14 heavy (non-hydrogen) atoms. The predicted molar refractivity (Wildman–Crippen MR) is 50.9 cm³/mol. The first-order valence-corrected chi connectivity index (χ1v) is 3.33. The van der Waals surface area contributed by atoms with Gasteiger partial charge in [-0.25, -0.2) is 4.79 Å². The van der Waals surface area contributed by atoms with Gasteiger partial charge in [-0.2, -0.15) is 15.0 Å². The van der Waals surface area contributed by atoms with Crippen molar-refractivity contribution in [1.29, 1.82) is 0 Å². The molecule has 0 bridgehead atoms. The van der Waals surface area contributed by atoms with E-state index in [1.165, 1.54) is 0 Å². The summed E-state index contributed by atoms with van der Waals surface area (Å²) in [6, 6.07) is 0. The average Bonchev–Trinajstić information content (AvgIpc) is 2.02. The number of rotatable bonds is 1. The maximum absolute atomic E-state index is 9.25. The van der Waals surface area contributed by atoms with Crippen LogP contribution in [0.5, 0.6) is 0 Å². The molecule has 0 aliphatic carbocycles. The molecule has 0 atom stereocenters. The highest BCUT2D eigenvalue weighted by Gasteiger charge is 1.93. The Labute approximate surface area is 79.5 Å². The normalized spacial score (nSPS) is 8.29. The third-order valence-corrected chi connectivity index (χ3v) is 0.862. The highest BCUT2D eigenvalue weighted by atomic mass is 16.4. The van der Waals surface area contributed by atoms with Crippen molar-refractivity contribution in [3.8, 4) is 0 Å². The van der Waals surface area contributed by atoms with Gasteiger partial charge in [-0.15, -0.1) is 0 Å². The minimum atomic E-state index is -0.981. The molecular weight excluding hydrogens is 188 g/mol. The van der Waals surface area contributed by atoms with Gasteiger partial charge in [0.15, 0.2) is 0 Å². The maximum Gasteiger partial charge on any atom is 0.327 e. The molecule has 0 amide bonds. The van der Waals surface area contributed by atoms with Crippen molar-refractivity contribution in [2.45, 2.75) is 0 Å². The van der Waals surface area contributed by atoms with Crippen LogP contribution in [0.1, 0.15) is 0 Å². The fourth-order valence-electron chi connectivity index (χ4n) is 0.427. The lowest BCUT2D eigenvalue weighted by molar-refractivity contribution is -0.131. The number of nitrogens with zero attached hydrogens (tertiary/aromatic N) is 3. The molecule has 0 aromatic carbocycles. The summed E-state index contributed by atoms with van der Waals surface area (Å²) >= 11 is 0. The van der Waals surface area contributed by atoms with Crippen LogP contribution < -0.4 is 17.2 Å². The Kier molecular flexibility index (Phi) is 4.40. The van der Waals surface area contributed by atoms with E-state index in [0.717, 1.165) is 6.08 Å². The van der Waals surface area contributed by atoms with Crippen LogP contribution in [0.15, 0.2) is 12.7 Å². The number of carboxylic acid groups (broad SMARTS) is 1. The molecule has 0 radical (unpaired) electrons. The summed E-state index contributed by atoms with van der Waals surface area (Å²) in [5.41, 5.74) is 15.4. The minimum absolute atomic E-state index is 0.0417. The summed E-state index contributed by atoms with van der Waals surface area (Å²) in [5, 5.41) is 7.60. The number of hydrogen-bond donors (Lipinski definition) is 4. The van der Waals surface area contributed by atoms with E-state index in [1.807, 2.05) is 0 Å². The van der Waals surface area contributed by atoms with E-state index < -0.39 is 5.97 Å². The van der Waals surface area contributed by atoms with Crippen molar-refractivity contribution in [2.75, 3.05) is 17.2 Å². The third-order valence-electron chi connectivity index (χ3n) is 0.862. The minimum Gasteiger partial charge on any atom is -0.478 e. The fourth-order valence-corrected chi connectivity index (χ4v) is 0.427. The summed E-state index contributed by atoms with van der Waals surface area (Å²) in [7, 11) is 0. The van der Waals surface area contributed by atoms with Gasteiger partial charge in [0.2, 0.25) is 17.8 Å². The molecule has 1 heterocycles. The van der Waals surface area contributed by atoms with E-state index in [0.29, 0.717) is 0 Å². The molecular formula is C6H10N6O2. The summed E-state index contributed by atoms with van der Waals surface area (Å²) in [4.78, 5) is 19.7. The monoisotopic (exact) mass is 198 g/mol. The van der Waals surface area contributed by atoms with E-state index >= 15 is 0 Å². The van der Waals surface area contributed by atoms with Crippen molar-refractivity contribution in [2.24, 2.45) is 0 Å². The van der Waals surface area contributed by atoms with Crippen molar-refractivity contribution in [1.82, 2.24) is 15.0 Å². The summed E-state index contributed by atoms with van der Waals surface area (Å²) < 4.78 is 0. The van der Waals surface area contributed by atoms with Crippen LogP contribution in [0.25, 0.3) is 0 Å². The standard InChI is InChI=1S/C3H6N6.C3H4O2/c4-1-7-2(5)9-3(6)8-1;1-2-3(4)5/h(H6,4,5,6,7,8,9);2H,1H2,(H,4,5). The number of nitrogen functional groups attached to an aromatic ring is 3. The lowest BCUT2D eigenvalue weighted by Gasteiger charge is -1.93. The molecule has 8 heteroatoms. The second kappa shape index (κ2) is 5.30. The van der Waals surface area contributed by atoms with Crippen LogP contribution in [0, 0.1) is 0 Å². The molecule has 1 aromatic rings.